The number of hydrogen-bond acceptors (Lipinski definition) is 6. The minimum absolute atomic E-state index is 0.0749. The van der Waals surface area contributed by atoms with Crippen molar-refractivity contribution in [2.75, 3.05) is 13.2 Å². The van der Waals surface area contributed by atoms with Crippen LogP contribution in [0.15, 0.2) is 12.7 Å². The lowest BCUT2D eigenvalue weighted by molar-refractivity contribution is -0.189. The van der Waals surface area contributed by atoms with Gasteiger partial charge in [0.05, 0.1) is 6.61 Å². The number of rotatable bonds is 15. The molecule has 0 aliphatic carbocycles. The zero-order chi connectivity index (χ0) is 20.3. The van der Waals surface area contributed by atoms with E-state index in [0.717, 1.165) is 25.3 Å². The van der Waals surface area contributed by atoms with Crippen molar-refractivity contribution in [3.05, 3.63) is 12.7 Å². The summed E-state index contributed by atoms with van der Waals surface area (Å²) in [6.45, 7) is 8.03. The number of carboxylic acids is 1. The van der Waals surface area contributed by atoms with Crippen LogP contribution in [0.2, 0.25) is 0 Å². The third kappa shape index (κ3) is 8.12. The predicted molar refractivity (Wildman–Crippen MR) is 99.1 cm³/mol. The van der Waals surface area contributed by atoms with Gasteiger partial charge in [0.25, 0.3) is 0 Å². The zero-order valence-corrected chi connectivity index (χ0v) is 16.4. The first-order chi connectivity index (χ1) is 12.9. The Morgan fingerprint density at radius 1 is 1.30 bits per heavy atom. The van der Waals surface area contributed by atoms with Crippen LogP contribution in [0.4, 0.5) is 0 Å². The van der Waals surface area contributed by atoms with Crippen LogP contribution in [0.25, 0.3) is 0 Å². The summed E-state index contributed by atoms with van der Waals surface area (Å²) in [6, 6.07) is 0. The number of esters is 2. The number of carboxylic acid groups (broad SMARTS) is 1. The summed E-state index contributed by atoms with van der Waals surface area (Å²) in [5, 5.41) is 8.78. The number of unbranched alkanes of at least 4 members (excludes halogenated alkanes) is 3. The van der Waals surface area contributed by atoms with Crippen LogP contribution in [-0.2, 0) is 28.6 Å². The minimum Gasteiger partial charge on any atom is -0.481 e. The highest BCUT2D eigenvalue weighted by molar-refractivity contribution is 5.87. The van der Waals surface area contributed by atoms with Crippen molar-refractivity contribution in [1.29, 1.82) is 0 Å². The fraction of sp³-hybridized carbons (Fsp3) is 0.750. The maximum atomic E-state index is 12.9. The molecule has 7 heteroatoms. The van der Waals surface area contributed by atoms with Crippen molar-refractivity contribution in [1.82, 2.24) is 0 Å². The molecule has 3 atom stereocenters. The molecule has 0 amide bonds. The Morgan fingerprint density at radius 2 is 2.00 bits per heavy atom. The molecule has 3 unspecified atom stereocenters. The molecule has 0 aromatic carbocycles. The molecule has 0 aromatic heterocycles. The van der Waals surface area contributed by atoms with Crippen molar-refractivity contribution < 1.29 is 33.7 Å². The summed E-state index contributed by atoms with van der Waals surface area (Å²) in [5.74, 6) is -2.38. The molecule has 1 aliphatic rings. The molecule has 1 saturated heterocycles. The summed E-state index contributed by atoms with van der Waals surface area (Å²) in [7, 11) is 0. The molecule has 0 spiro atoms. The summed E-state index contributed by atoms with van der Waals surface area (Å²) in [4.78, 5) is 35.6. The van der Waals surface area contributed by atoms with Crippen molar-refractivity contribution >= 4 is 17.9 Å². The smallest absolute Gasteiger partial charge is 0.350 e. The van der Waals surface area contributed by atoms with E-state index < -0.39 is 23.5 Å². The Labute approximate surface area is 161 Å². The maximum Gasteiger partial charge on any atom is 0.350 e. The number of carbonyl (C=O) groups is 3. The average molecular weight is 384 g/mol. The van der Waals surface area contributed by atoms with Gasteiger partial charge in [0.2, 0.25) is 5.60 Å². The van der Waals surface area contributed by atoms with Crippen LogP contribution in [0.5, 0.6) is 0 Å². The first-order valence-electron chi connectivity index (χ1n) is 9.71. The fourth-order valence-corrected chi connectivity index (χ4v) is 3.02. The van der Waals surface area contributed by atoms with E-state index in [1.54, 1.807) is 0 Å². The quantitative estimate of drug-likeness (QED) is 0.200. The normalized spacial score (nSPS) is 18.8. The third-order valence-electron chi connectivity index (χ3n) is 4.82. The van der Waals surface area contributed by atoms with E-state index in [2.05, 4.69) is 13.5 Å². The molecule has 1 N–H and O–H groups in total. The first-order valence-corrected chi connectivity index (χ1v) is 9.71. The van der Waals surface area contributed by atoms with E-state index in [4.69, 9.17) is 19.3 Å². The van der Waals surface area contributed by atoms with Crippen LogP contribution < -0.4 is 0 Å². The van der Waals surface area contributed by atoms with Gasteiger partial charge in [-0.2, -0.15) is 0 Å². The van der Waals surface area contributed by atoms with E-state index in [-0.39, 0.29) is 25.0 Å². The number of epoxide rings is 1. The van der Waals surface area contributed by atoms with Crippen LogP contribution in [0.1, 0.15) is 65.2 Å². The second kappa shape index (κ2) is 11.7. The summed E-state index contributed by atoms with van der Waals surface area (Å²) < 4.78 is 16.1. The predicted octanol–water partition coefficient (Wildman–Crippen LogP) is 3.26. The molecule has 1 fully saturated rings. The zero-order valence-electron chi connectivity index (χ0n) is 16.4. The molecule has 0 bridgehead atoms. The van der Waals surface area contributed by atoms with Crippen molar-refractivity contribution in [3.63, 3.8) is 0 Å². The molecule has 1 aliphatic heterocycles. The number of carbonyl (C=O) groups excluding carboxylic acids is 2. The van der Waals surface area contributed by atoms with Gasteiger partial charge < -0.3 is 19.3 Å². The highest BCUT2D eigenvalue weighted by Gasteiger charge is 2.48. The van der Waals surface area contributed by atoms with Crippen LogP contribution >= 0.6 is 0 Å². The molecule has 0 aromatic rings. The van der Waals surface area contributed by atoms with Gasteiger partial charge in [0, 0.05) is 18.4 Å². The van der Waals surface area contributed by atoms with Gasteiger partial charge in [0.1, 0.15) is 12.7 Å². The van der Waals surface area contributed by atoms with Gasteiger partial charge in [-0.3, -0.25) is 4.79 Å². The highest BCUT2D eigenvalue weighted by Crippen LogP contribution is 2.34. The topological polar surface area (TPSA) is 102 Å². The van der Waals surface area contributed by atoms with Gasteiger partial charge in [-0.1, -0.05) is 39.7 Å². The first kappa shape index (κ1) is 23.1. The molecule has 7 nitrogen and oxygen atoms in total. The van der Waals surface area contributed by atoms with Crippen molar-refractivity contribution in [3.8, 4) is 0 Å². The number of hydrogen-bond donors (Lipinski definition) is 1. The number of aliphatic carboxylic acids is 1. The van der Waals surface area contributed by atoms with Gasteiger partial charge in [0.15, 0.2) is 0 Å². The fourth-order valence-electron chi connectivity index (χ4n) is 3.02. The Morgan fingerprint density at radius 3 is 2.56 bits per heavy atom. The molecule has 0 saturated carbocycles. The largest absolute Gasteiger partial charge is 0.481 e. The van der Waals surface area contributed by atoms with Gasteiger partial charge >= 0.3 is 17.9 Å². The minimum atomic E-state index is -1.39. The van der Waals surface area contributed by atoms with E-state index in [0.29, 0.717) is 32.3 Å². The monoisotopic (exact) mass is 384 g/mol. The van der Waals surface area contributed by atoms with Gasteiger partial charge in [-0.05, 0) is 25.7 Å². The average Bonchev–Trinajstić information content (AvgIpc) is 3.46. The Bertz CT molecular complexity index is 512. The summed E-state index contributed by atoms with van der Waals surface area (Å²) in [6.07, 6.45) is 5.66. The van der Waals surface area contributed by atoms with Crippen molar-refractivity contribution in [2.24, 2.45) is 5.92 Å². The summed E-state index contributed by atoms with van der Waals surface area (Å²) in [5.41, 5.74) is -1.39. The second-order valence-corrected chi connectivity index (χ2v) is 7.07. The SMILES string of the molecule is C=CC(=O)OC(CCCCC)(C(=O)OCC1CO1)C(C)CCCCC(=O)O. The van der Waals surface area contributed by atoms with E-state index in [1.807, 2.05) is 6.92 Å². The second-order valence-electron chi connectivity index (χ2n) is 7.07. The molecule has 27 heavy (non-hydrogen) atoms. The van der Waals surface area contributed by atoms with Crippen LogP contribution in [0, 0.1) is 5.92 Å². The lowest BCUT2D eigenvalue weighted by Crippen LogP contribution is -2.50. The third-order valence-corrected chi connectivity index (χ3v) is 4.82. The van der Waals surface area contributed by atoms with E-state index >= 15 is 0 Å². The number of ether oxygens (including phenoxy) is 3. The Hall–Kier alpha value is -1.89. The Kier molecular flexibility index (Phi) is 10.1. The molecule has 1 heterocycles. The standard InChI is InChI=1S/C20H32O7/c1-4-6-9-12-20(27-18(23)5-2,19(24)26-14-16-13-25-16)15(3)10-7-8-11-17(21)22/h5,15-16H,2,4,6-14H2,1,3H3,(H,21,22). The van der Waals surface area contributed by atoms with Crippen molar-refractivity contribution in [2.45, 2.75) is 76.9 Å². The maximum absolute atomic E-state index is 12.9. The van der Waals surface area contributed by atoms with Crippen LogP contribution in [0.3, 0.4) is 0 Å². The molecule has 0 radical (unpaired) electrons. The summed E-state index contributed by atoms with van der Waals surface area (Å²) >= 11 is 0. The Balaban J connectivity index is 2.89. The molecule has 154 valence electrons. The van der Waals surface area contributed by atoms with E-state index in [9.17, 15) is 14.4 Å². The van der Waals surface area contributed by atoms with E-state index in [1.165, 1.54) is 0 Å². The molecule has 1 rings (SSSR count). The van der Waals surface area contributed by atoms with Gasteiger partial charge in [-0.15, -0.1) is 0 Å². The lowest BCUT2D eigenvalue weighted by atomic mass is 9.80. The van der Waals surface area contributed by atoms with Gasteiger partial charge in [-0.25, -0.2) is 9.59 Å². The molecular formula is C20H32O7. The van der Waals surface area contributed by atoms with Crippen LogP contribution in [-0.4, -0.2) is 47.9 Å². The lowest BCUT2D eigenvalue weighted by Gasteiger charge is -2.36. The molecular weight excluding hydrogens is 352 g/mol. The highest BCUT2D eigenvalue weighted by atomic mass is 16.6.